The molecule has 202 valence electrons. The molecule has 11 heteroatoms. The van der Waals surface area contributed by atoms with E-state index in [1.54, 1.807) is 24.3 Å². The largest absolute Gasteiger partial charge is 0.495 e. The van der Waals surface area contributed by atoms with Crippen molar-refractivity contribution in [1.29, 1.82) is 0 Å². The van der Waals surface area contributed by atoms with Gasteiger partial charge in [-0.05, 0) is 49.1 Å². The van der Waals surface area contributed by atoms with Gasteiger partial charge in [-0.2, -0.15) is 13.2 Å². The molecule has 5 rings (SSSR count). The van der Waals surface area contributed by atoms with E-state index in [0.29, 0.717) is 22.3 Å². The second-order valence-corrected chi connectivity index (χ2v) is 12.0. The highest BCUT2D eigenvalue weighted by atomic mass is 32.2. The number of benzene rings is 2. The quantitative estimate of drug-likeness (QED) is 0.419. The summed E-state index contributed by atoms with van der Waals surface area (Å²) in [6, 6.07) is 11.7. The van der Waals surface area contributed by atoms with Crippen molar-refractivity contribution < 1.29 is 31.1 Å². The summed E-state index contributed by atoms with van der Waals surface area (Å²) in [5.74, 6) is 6.08. The number of alkyl halides is 3. The zero-order valence-corrected chi connectivity index (χ0v) is 21.8. The summed E-state index contributed by atoms with van der Waals surface area (Å²) in [6.45, 7) is 0.513. The monoisotopic (exact) mass is 547 g/mol. The van der Waals surface area contributed by atoms with Crippen LogP contribution in [0.15, 0.2) is 47.4 Å². The van der Waals surface area contributed by atoms with Gasteiger partial charge in [0.15, 0.2) is 9.84 Å². The Morgan fingerprint density at radius 2 is 1.92 bits per heavy atom. The Labute approximate surface area is 219 Å². The molecule has 1 saturated heterocycles. The first-order valence-electron chi connectivity index (χ1n) is 12.1. The molecule has 2 fully saturated rings. The number of halogens is 3. The number of nitrogens with one attached hydrogen (secondary N) is 2. The van der Waals surface area contributed by atoms with Crippen LogP contribution in [-0.4, -0.2) is 58.3 Å². The second-order valence-electron chi connectivity index (χ2n) is 10.0. The predicted molar refractivity (Wildman–Crippen MR) is 139 cm³/mol. The Morgan fingerprint density at radius 1 is 1.16 bits per heavy atom. The van der Waals surface area contributed by atoms with Crippen molar-refractivity contribution in [2.24, 2.45) is 5.41 Å². The molecular formula is C27H28F3N3O4S. The lowest BCUT2D eigenvalue weighted by Crippen LogP contribution is -2.56. The van der Waals surface area contributed by atoms with Crippen molar-refractivity contribution >= 4 is 32.1 Å². The Bertz CT molecular complexity index is 1520. The molecule has 2 aliphatic rings. The molecule has 0 atom stereocenters. The van der Waals surface area contributed by atoms with Crippen molar-refractivity contribution in [2.45, 2.75) is 36.5 Å². The standard InChI is InChI=1S/C27H28F3N3O4S/c1-36-25-12-20(38(2,34)35)8-9-23(25)31-10-4-5-19-11-21-22(32-18-13-26(14-18)16-37-17-26)6-3-7-24(21)33(19)15-27(28,29)30/h3,6-9,11-12,18,31-32H,10,13-17H2,1-2H3. The van der Waals surface area contributed by atoms with E-state index in [9.17, 15) is 21.6 Å². The van der Waals surface area contributed by atoms with Crippen LogP contribution < -0.4 is 15.4 Å². The molecule has 38 heavy (non-hydrogen) atoms. The molecule has 3 aromatic rings. The first-order chi connectivity index (χ1) is 18.0. The van der Waals surface area contributed by atoms with E-state index in [0.717, 1.165) is 38.0 Å². The molecule has 7 nitrogen and oxygen atoms in total. The summed E-state index contributed by atoms with van der Waals surface area (Å²) >= 11 is 0. The molecule has 1 aliphatic heterocycles. The highest BCUT2D eigenvalue weighted by Gasteiger charge is 2.49. The van der Waals surface area contributed by atoms with E-state index >= 15 is 0 Å². The lowest BCUT2D eigenvalue weighted by Gasteiger charge is -2.53. The SMILES string of the molecule is COc1cc(S(C)(=O)=O)ccc1NCC#Cc1cc2c(NC3CC4(COC4)C3)cccc2n1CC(F)(F)F. The summed E-state index contributed by atoms with van der Waals surface area (Å²) in [4.78, 5) is 0.116. The minimum atomic E-state index is -4.41. The van der Waals surface area contributed by atoms with Crippen LogP contribution in [0.4, 0.5) is 24.5 Å². The van der Waals surface area contributed by atoms with Gasteiger partial charge >= 0.3 is 6.18 Å². The van der Waals surface area contributed by atoms with Crippen LogP contribution in [0.5, 0.6) is 5.75 Å². The molecule has 0 bridgehead atoms. The maximum absolute atomic E-state index is 13.5. The fourth-order valence-corrected chi connectivity index (χ4v) is 5.76. The molecule has 2 heterocycles. The van der Waals surface area contributed by atoms with Gasteiger partial charge in [-0.1, -0.05) is 12.0 Å². The summed E-state index contributed by atoms with van der Waals surface area (Å²) in [7, 11) is -1.98. The Hall–Kier alpha value is -3.36. The zero-order chi connectivity index (χ0) is 27.1. The van der Waals surface area contributed by atoms with E-state index in [1.165, 1.54) is 23.8 Å². The van der Waals surface area contributed by atoms with Crippen molar-refractivity contribution in [2.75, 3.05) is 43.8 Å². The molecule has 1 aromatic heterocycles. The molecule has 1 spiro atoms. The minimum Gasteiger partial charge on any atom is -0.495 e. The summed E-state index contributed by atoms with van der Waals surface area (Å²) in [6.07, 6.45) is -1.34. The Kier molecular flexibility index (Phi) is 6.73. The van der Waals surface area contributed by atoms with E-state index in [-0.39, 0.29) is 28.6 Å². The van der Waals surface area contributed by atoms with Crippen LogP contribution in [0, 0.1) is 17.3 Å². The lowest BCUT2D eigenvalue weighted by molar-refractivity contribution is -0.159. The number of methoxy groups -OCH3 is 1. The third kappa shape index (κ3) is 5.42. The highest BCUT2D eigenvalue weighted by molar-refractivity contribution is 7.90. The average Bonchev–Trinajstić information content (AvgIpc) is 3.13. The van der Waals surface area contributed by atoms with Gasteiger partial charge in [0, 0.05) is 34.9 Å². The van der Waals surface area contributed by atoms with Gasteiger partial charge in [-0.25, -0.2) is 8.42 Å². The number of sulfone groups is 1. The number of anilines is 2. The van der Waals surface area contributed by atoms with Crippen LogP contribution in [0.2, 0.25) is 0 Å². The normalized spacial score (nSPS) is 16.9. The van der Waals surface area contributed by atoms with Crippen molar-refractivity contribution in [3.8, 4) is 17.6 Å². The predicted octanol–water partition coefficient (Wildman–Crippen LogP) is 4.67. The molecule has 2 N–H and O–H groups in total. The number of hydrogen-bond acceptors (Lipinski definition) is 6. The molecular weight excluding hydrogens is 519 g/mol. The first kappa shape index (κ1) is 26.3. The first-order valence-corrected chi connectivity index (χ1v) is 14.0. The van der Waals surface area contributed by atoms with E-state index in [2.05, 4.69) is 22.5 Å². The molecule has 1 aliphatic carbocycles. The molecule has 1 saturated carbocycles. The third-order valence-electron chi connectivity index (χ3n) is 7.00. The summed E-state index contributed by atoms with van der Waals surface area (Å²) in [5.41, 5.74) is 2.30. The highest BCUT2D eigenvalue weighted by Crippen LogP contribution is 2.48. The fraction of sp³-hybridized carbons (Fsp3) is 0.407. The lowest BCUT2D eigenvalue weighted by atomic mass is 9.64. The van der Waals surface area contributed by atoms with Gasteiger partial charge < -0.3 is 24.7 Å². The molecule has 2 aromatic carbocycles. The van der Waals surface area contributed by atoms with Gasteiger partial charge in [0.2, 0.25) is 0 Å². The number of hydrogen-bond donors (Lipinski definition) is 2. The number of ether oxygens (including phenoxy) is 2. The fourth-order valence-electron chi connectivity index (χ4n) is 5.12. The Morgan fingerprint density at radius 3 is 2.55 bits per heavy atom. The van der Waals surface area contributed by atoms with Crippen LogP contribution >= 0.6 is 0 Å². The van der Waals surface area contributed by atoms with E-state index in [1.807, 2.05) is 6.07 Å². The summed E-state index contributed by atoms with van der Waals surface area (Å²) < 4.78 is 75.8. The molecule has 0 amide bonds. The van der Waals surface area contributed by atoms with Crippen molar-refractivity contribution in [3.63, 3.8) is 0 Å². The van der Waals surface area contributed by atoms with Crippen LogP contribution in [0.25, 0.3) is 10.9 Å². The van der Waals surface area contributed by atoms with Gasteiger partial charge in [0.25, 0.3) is 0 Å². The second kappa shape index (κ2) is 9.75. The van der Waals surface area contributed by atoms with Crippen molar-refractivity contribution in [3.05, 3.63) is 48.2 Å². The topological polar surface area (TPSA) is 81.6 Å². The van der Waals surface area contributed by atoms with Crippen LogP contribution in [-0.2, 0) is 21.1 Å². The van der Waals surface area contributed by atoms with Gasteiger partial charge in [-0.3, -0.25) is 0 Å². The number of fused-ring (bicyclic) bond motifs is 1. The number of rotatable bonds is 7. The van der Waals surface area contributed by atoms with E-state index in [4.69, 9.17) is 9.47 Å². The number of nitrogens with zero attached hydrogens (tertiary/aromatic N) is 1. The minimum absolute atomic E-state index is 0.111. The molecule has 0 unspecified atom stereocenters. The average molecular weight is 548 g/mol. The van der Waals surface area contributed by atoms with Gasteiger partial charge in [0.1, 0.15) is 12.3 Å². The number of aromatic nitrogens is 1. The smallest absolute Gasteiger partial charge is 0.406 e. The van der Waals surface area contributed by atoms with E-state index < -0.39 is 22.6 Å². The maximum Gasteiger partial charge on any atom is 0.406 e. The van der Waals surface area contributed by atoms with Gasteiger partial charge in [-0.15, -0.1) is 0 Å². The Balaban J connectivity index is 1.37. The van der Waals surface area contributed by atoms with Crippen molar-refractivity contribution in [1.82, 2.24) is 4.57 Å². The van der Waals surface area contributed by atoms with Crippen LogP contribution in [0.1, 0.15) is 18.5 Å². The maximum atomic E-state index is 13.5. The zero-order valence-electron chi connectivity index (χ0n) is 21.0. The summed E-state index contributed by atoms with van der Waals surface area (Å²) in [5, 5.41) is 7.23. The van der Waals surface area contributed by atoms with Crippen LogP contribution in [0.3, 0.4) is 0 Å². The van der Waals surface area contributed by atoms with Gasteiger partial charge in [0.05, 0.1) is 48.7 Å². The molecule has 0 radical (unpaired) electrons. The third-order valence-corrected chi connectivity index (χ3v) is 8.11.